The third-order valence-corrected chi connectivity index (χ3v) is 4.96. The SMILES string of the molecule is O=c1cc(SC/C=C\c2ccccc2)c2ccccc2s1. The summed E-state index contributed by atoms with van der Waals surface area (Å²) in [5.74, 6) is 0.854. The van der Waals surface area contributed by atoms with Crippen LogP contribution in [-0.2, 0) is 0 Å². The molecule has 0 atom stereocenters. The van der Waals surface area contributed by atoms with Crippen LogP contribution in [0.3, 0.4) is 0 Å². The smallest absolute Gasteiger partial charge is 0.234 e. The van der Waals surface area contributed by atoms with Crippen LogP contribution in [0.15, 0.2) is 76.4 Å². The molecule has 3 heteroatoms. The first-order valence-corrected chi connectivity index (χ1v) is 8.50. The molecule has 0 aliphatic heterocycles. The van der Waals surface area contributed by atoms with Gasteiger partial charge in [0.25, 0.3) is 0 Å². The number of thioether (sulfide) groups is 1. The van der Waals surface area contributed by atoms with E-state index >= 15 is 0 Å². The summed E-state index contributed by atoms with van der Waals surface area (Å²) >= 11 is 3.01. The number of hydrogen-bond acceptors (Lipinski definition) is 3. The van der Waals surface area contributed by atoms with Gasteiger partial charge >= 0.3 is 0 Å². The summed E-state index contributed by atoms with van der Waals surface area (Å²) in [4.78, 5) is 12.8. The summed E-state index contributed by atoms with van der Waals surface area (Å²) < 4.78 is 1.17. The predicted octanol–water partition coefficient (Wildman–Crippen LogP) is 5.07. The molecular weight excluding hydrogens is 296 g/mol. The van der Waals surface area contributed by atoms with Gasteiger partial charge in [-0.1, -0.05) is 72.0 Å². The van der Waals surface area contributed by atoms with Crippen molar-refractivity contribution in [3.8, 4) is 0 Å². The molecule has 1 heterocycles. The van der Waals surface area contributed by atoms with Crippen LogP contribution >= 0.6 is 23.1 Å². The minimum atomic E-state index is 0.114. The van der Waals surface area contributed by atoms with Crippen molar-refractivity contribution in [3.05, 3.63) is 81.8 Å². The van der Waals surface area contributed by atoms with Crippen molar-refractivity contribution in [2.45, 2.75) is 4.90 Å². The third kappa shape index (κ3) is 3.63. The van der Waals surface area contributed by atoms with E-state index in [1.807, 2.05) is 36.4 Å². The highest BCUT2D eigenvalue weighted by atomic mass is 32.2. The van der Waals surface area contributed by atoms with Crippen LogP contribution in [0.25, 0.3) is 16.2 Å². The van der Waals surface area contributed by atoms with Crippen molar-refractivity contribution in [3.63, 3.8) is 0 Å². The average Bonchev–Trinajstić information content (AvgIpc) is 2.52. The highest BCUT2D eigenvalue weighted by Gasteiger charge is 2.03. The van der Waals surface area contributed by atoms with Crippen molar-refractivity contribution >= 4 is 39.3 Å². The Morgan fingerprint density at radius 2 is 1.76 bits per heavy atom. The Bertz CT molecular complexity index is 819. The van der Waals surface area contributed by atoms with Crippen LogP contribution in [0.1, 0.15) is 5.56 Å². The predicted molar refractivity (Wildman–Crippen MR) is 94.3 cm³/mol. The van der Waals surface area contributed by atoms with Crippen LogP contribution < -0.4 is 4.74 Å². The molecule has 0 radical (unpaired) electrons. The summed E-state index contributed by atoms with van der Waals surface area (Å²) in [7, 11) is 0. The van der Waals surface area contributed by atoms with Crippen LogP contribution in [0, 0.1) is 0 Å². The molecule has 0 saturated heterocycles. The number of fused-ring (bicyclic) bond motifs is 1. The first kappa shape index (κ1) is 14.1. The molecule has 0 N–H and O–H groups in total. The van der Waals surface area contributed by atoms with E-state index in [2.05, 4.69) is 30.4 Å². The average molecular weight is 310 g/mol. The molecule has 0 fully saturated rings. The molecule has 0 amide bonds. The normalized spacial score (nSPS) is 11.2. The van der Waals surface area contributed by atoms with Crippen LogP contribution in [0.4, 0.5) is 0 Å². The quantitative estimate of drug-likeness (QED) is 0.626. The Kier molecular flexibility index (Phi) is 4.53. The lowest BCUT2D eigenvalue weighted by Crippen LogP contribution is -1.92. The van der Waals surface area contributed by atoms with Gasteiger partial charge in [-0.2, -0.15) is 0 Å². The molecule has 0 unspecified atom stereocenters. The lowest BCUT2D eigenvalue weighted by atomic mass is 10.2. The molecule has 3 aromatic rings. The first-order valence-electron chi connectivity index (χ1n) is 6.70. The molecule has 0 aliphatic rings. The van der Waals surface area contributed by atoms with E-state index in [1.165, 1.54) is 22.3 Å². The fourth-order valence-corrected chi connectivity index (χ4v) is 3.95. The topological polar surface area (TPSA) is 17.1 Å². The minimum Gasteiger partial charge on any atom is -0.278 e. The lowest BCUT2D eigenvalue weighted by Gasteiger charge is -2.03. The largest absolute Gasteiger partial charge is 0.278 e. The second-order valence-corrected chi connectivity index (χ2v) is 6.66. The Morgan fingerprint density at radius 3 is 2.62 bits per heavy atom. The Labute approximate surface area is 132 Å². The van der Waals surface area contributed by atoms with Gasteiger partial charge in [0.1, 0.15) is 0 Å². The Balaban J connectivity index is 1.77. The van der Waals surface area contributed by atoms with E-state index in [9.17, 15) is 4.79 Å². The molecule has 1 aromatic heterocycles. The van der Waals surface area contributed by atoms with Gasteiger partial charge in [-0.3, -0.25) is 4.79 Å². The molecule has 1 nitrogen and oxygen atoms in total. The molecule has 0 aliphatic carbocycles. The highest BCUT2D eigenvalue weighted by Crippen LogP contribution is 2.28. The van der Waals surface area contributed by atoms with Gasteiger partial charge in [-0.15, -0.1) is 11.8 Å². The maximum Gasteiger partial charge on any atom is 0.234 e. The van der Waals surface area contributed by atoms with E-state index in [0.717, 1.165) is 15.3 Å². The highest BCUT2D eigenvalue weighted by molar-refractivity contribution is 7.99. The minimum absolute atomic E-state index is 0.114. The fraction of sp³-hybridized carbons (Fsp3) is 0.0556. The summed E-state index contributed by atoms with van der Waals surface area (Å²) in [5.41, 5.74) is 1.20. The molecule has 0 spiro atoms. The van der Waals surface area contributed by atoms with E-state index in [0.29, 0.717) is 0 Å². The first-order chi connectivity index (χ1) is 10.3. The third-order valence-electron chi connectivity index (χ3n) is 3.06. The zero-order valence-electron chi connectivity index (χ0n) is 11.4. The van der Waals surface area contributed by atoms with Crippen LogP contribution in [0.2, 0.25) is 0 Å². The molecule has 0 bridgehead atoms. The van der Waals surface area contributed by atoms with Crippen molar-refractivity contribution in [2.75, 3.05) is 5.75 Å². The monoisotopic (exact) mass is 310 g/mol. The standard InChI is InChI=1S/C18H14OS2/c19-18-13-17(15-10-4-5-11-16(15)21-18)20-12-6-9-14-7-2-1-3-8-14/h1-11,13H,12H2/b9-6-. The van der Waals surface area contributed by atoms with Crippen molar-refractivity contribution < 1.29 is 0 Å². The molecule has 104 valence electrons. The van der Waals surface area contributed by atoms with Crippen molar-refractivity contribution in [1.82, 2.24) is 0 Å². The fourth-order valence-electron chi connectivity index (χ4n) is 2.09. The van der Waals surface area contributed by atoms with Crippen molar-refractivity contribution in [2.24, 2.45) is 0 Å². The van der Waals surface area contributed by atoms with E-state index in [-0.39, 0.29) is 4.74 Å². The summed E-state index contributed by atoms with van der Waals surface area (Å²) in [6.07, 6.45) is 4.24. The zero-order chi connectivity index (χ0) is 14.5. The van der Waals surface area contributed by atoms with Crippen LogP contribution in [-0.4, -0.2) is 5.75 Å². The van der Waals surface area contributed by atoms with E-state index in [1.54, 1.807) is 17.8 Å². The second-order valence-electron chi connectivity index (χ2n) is 4.55. The summed E-state index contributed by atoms with van der Waals surface area (Å²) in [5, 5.41) is 1.17. The zero-order valence-corrected chi connectivity index (χ0v) is 13.0. The van der Waals surface area contributed by atoms with E-state index < -0.39 is 0 Å². The summed E-state index contributed by atoms with van der Waals surface area (Å²) in [6.45, 7) is 0. The molecule has 3 rings (SSSR count). The van der Waals surface area contributed by atoms with Gasteiger partial charge in [0.15, 0.2) is 0 Å². The lowest BCUT2D eigenvalue weighted by molar-refractivity contribution is 1.54. The van der Waals surface area contributed by atoms with Gasteiger partial charge in [-0.25, -0.2) is 0 Å². The Morgan fingerprint density at radius 1 is 1.00 bits per heavy atom. The number of rotatable bonds is 4. The van der Waals surface area contributed by atoms with Gasteiger partial charge in [0.05, 0.1) is 0 Å². The molecule has 2 aromatic carbocycles. The second kappa shape index (κ2) is 6.74. The maximum atomic E-state index is 11.7. The van der Waals surface area contributed by atoms with Crippen molar-refractivity contribution in [1.29, 1.82) is 0 Å². The van der Waals surface area contributed by atoms with Gasteiger partial charge < -0.3 is 0 Å². The van der Waals surface area contributed by atoms with Gasteiger partial charge in [0, 0.05) is 26.8 Å². The number of benzene rings is 2. The Hall–Kier alpha value is -1.84. The maximum absolute atomic E-state index is 11.7. The van der Waals surface area contributed by atoms with E-state index in [4.69, 9.17) is 0 Å². The van der Waals surface area contributed by atoms with Crippen LogP contribution in [0.5, 0.6) is 0 Å². The molecule has 0 saturated carbocycles. The molecular formula is C18H14OS2. The number of hydrogen-bond donors (Lipinski definition) is 0. The molecule has 21 heavy (non-hydrogen) atoms. The van der Waals surface area contributed by atoms with Gasteiger partial charge in [0.2, 0.25) is 4.74 Å². The summed E-state index contributed by atoms with van der Waals surface area (Å²) in [6, 6.07) is 20.1. The van der Waals surface area contributed by atoms with Gasteiger partial charge in [-0.05, 0) is 11.6 Å².